The first-order valence-corrected chi connectivity index (χ1v) is 4.39. The van der Waals surface area contributed by atoms with Crippen molar-refractivity contribution in [3.63, 3.8) is 0 Å². The molecule has 1 aromatic rings. The zero-order valence-corrected chi connectivity index (χ0v) is 7.62. The molecular formula is C9H12N2O2. The summed E-state index contributed by atoms with van der Waals surface area (Å²) in [5.41, 5.74) is 1.90. The molecule has 0 saturated carbocycles. The number of rotatable bonds is 2. The fourth-order valence-electron chi connectivity index (χ4n) is 1.70. The highest BCUT2D eigenvalue weighted by Crippen LogP contribution is 2.14. The third-order valence-electron chi connectivity index (χ3n) is 2.33. The monoisotopic (exact) mass is 180 g/mol. The van der Waals surface area contributed by atoms with E-state index in [0.717, 1.165) is 30.5 Å². The van der Waals surface area contributed by atoms with Crippen molar-refractivity contribution in [2.75, 3.05) is 7.11 Å². The summed E-state index contributed by atoms with van der Waals surface area (Å²) < 4.78 is 6.40. The Kier molecular flexibility index (Phi) is 2.14. The van der Waals surface area contributed by atoms with Gasteiger partial charge in [0.1, 0.15) is 6.73 Å². The first-order valence-electron chi connectivity index (χ1n) is 4.39. The van der Waals surface area contributed by atoms with Crippen LogP contribution < -0.4 is 5.56 Å². The van der Waals surface area contributed by atoms with E-state index in [1.165, 1.54) is 4.57 Å². The molecule has 1 heterocycles. The molecule has 0 spiro atoms. The maximum absolute atomic E-state index is 11.7. The lowest BCUT2D eigenvalue weighted by Gasteiger charge is -2.04. The van der Waals surface area contributed by atoms with Gasteiger partial charge in [-0.3, -0.25) is 9.36 Å². The molecule has 0 bridgehead atoms. The van der Waals surface area contributed by atoms with Crippen LogP contribution >= 0.6 is 0 Å². The van der Waals surface area contributed by atoms with E-state index < -0.39 is 0 Å². The van der Waals surface area contributed by atoms with E-state index in [0.29, 0.717) is 6.73 Å². The summed E-state index contributed by atoms with van der Waals surface area (Å²) in [6.07, 6.45) is 4.43. The minimum Gasteiger partial charge on any atom is -0.364 e. The first kappa shape index (κ1) is 8.44. The van der Waals surface area contributed by atoms with Crippen molar-refractivity contribution >= 4 is 0 Å². The van der Waals surface area contributed by atoms with E-state index in [9.17, 15) is 4.79 Å². The van der Waals surface area contributed by atoms with Crippen molar-refractivity contribution in [3.05, 3.63) is 27.9 Å². The molecule has 0 aromatic carbocycles. The van der Waals surface area contributed by atoms with Crippen LogP contribution in [-0.2, 0) is 24.3 Å². The molecule has 0 amide bonds. The van der Waals surface area contributed by atoms with Crippen LogP contribution in [0.2, 0.25) is 0 Å². The topological polar surface area (TPSA) is 44.1 Å². The van der Waals surface area contributed by atoms with E-state index in [2.05, 4.69) is 4.98 Å². The van der Waals surface area contributed by atoms with Gasteiger partial charge in [-0.15, -0.1) is 0 Å². The Morgan fingerprint density at radius 1 is 1.62 bits per heavy atom. The quantitative estimate of drug-likeness (QED) is 0.659. The highest BCUT2D eigenvalue weighted by molar-refractivity contribution is 5.21. The summed E-state index contributed by atoms with van der Waals surface area (Å²) in [6.45, 7) is 0.291. The zero-order valence-electron chi connectivity index (χ0n) is 7.62. The van der Waals surface area contributed by atoms with E-state index in [1.807, 2.05) is 0 Å². The highest BCUT2D eigenvalue weighted by Gasteiger charge is 2.16. The Morgan fingerprint density at radius 3 is 3.23 bits per heavy atom. The second-order valence-electron chi connectivity index (χ2n) is 3.22. The van der Waals surface area contributed by atoms with Crippen LogP contribution in [0.5, 0.6) is 0 Å². The summed E-state index contributed by atoms with van der Waals surface area (Å²) in [5.74, 6) is 0. The number of methoxy groups -OCH3 is 1. The van der Waals surface area contributed by atoms with Crippen molar-refractivity contribution < 1.29 is 4.74 Å². The maximum atomic E-state index is 11.7. The molecule has 2 rings (SSSR count). The predicted molar refractivity (Wildman–Crippen MR) is 47.5 cm³/mol. The zero-order chi connectivity index (χ0) is 9.26. The first-order chi connectivity index (χ1) is 6.33. The molecule has 13 heavy (non-hydrogen) atoms. The third kappa shape index (κ3) is 1.37. The summed E-state index contributed by atoms with van der Waals surface area (Å²) in [5, 5.41) is 0. The molecule has 0 radical (unpaired) electrons. The van der Waals surface area contributed by atoms with Crippen LogP contribution in [0.25, 0.3) is 0 Å². The van der Waals surface area contributed by atoms with Crippen molar-refractivity contribution in [2.24, 2.45) is 0 Å². The van der Waals surface area contributed by atoms with Gasteiger partial charge in [0.25, 0.3) is 5.56 Å². The van der Waals surface area contributed by atoms with Crippen LogP contribution in [0.1, 0.15) is 17.7 Å². The van der Waals surface area contributed by atoms with E-state index in [-0.39, 0.29) is 5.56 Å². The lowest BCUT2D eigenvalue weighted by atomic mass is 10.3. The van der Waals surface area contributed by atoms with E-state index >= 15 is 0 Å². The van der Waals surface area contributed by atoms with Gasteiger partial charge in [-0.05, 0) is 19.3 Å². The molecule has 0 atom stereocenters. The van der Waals surface area contributed by atoms with Crippen molar-refractivity contribution in [1.82, 2.24) is 9.55 Å². The van der Waals surface area contributed by atoms with Gasteiger partial charge < -0.3 is 4.74 Å². The number of hydrogen-bond donors (Lipinski definition) is 0. The van der Waals surface area contributed by atoms with Crippen LogP contribution in [0, 0.1) is 0 Å². The number of aryl methyl sites for hydroxylation is 1. The molecule has 4 nitrogen and oxygen atoms in total. The molecule has 0 fully saturated rings. The smallest absolute Gasteiger partial charge is 0.258 e. The van der Waals surface area contributed by atoms with E-state index in [1.54, 1.807) is 13.4 Å². The normalized spacial score (nSPS) is 14.5. The van der Waals surface area contributed by atoms with Gasteiger partial charge in [-0.2, -0.15) is 0 Å². The molecule has 1 aliphatic rings. The Bertz CT molecular complexity index is 370. The van der Waals surface area contributed by atoms with Crippen LogP contribution in [0.4, 0.5) is 0 Å². The van der Waals surface area contributed by atoms with Gasteiger partial charge in [0.2, 0.25) is 0 Å². The Hall–Kier alpha value is -1.16. The largest absolute Gasteiger partial charge is 0.364 e. The summed E-state index contributed by atoms with van der Waals surface area (Å²) >= 11 is 0. The van der Waals surface area contributed by atoms with E-state index in [4.69, 9.17) is 4.74 Å². The minimum atomic E-state index is 0.0596. The second-order valence-corrected chi connectivity index (χ2v) is 3.22. The van der Waals surface area contributed by atoms with Gasteiger partial charge >= 0.3 is 0 Å². The van der Waals surface area contributed by atoms with Crippen molar-refractivity contribution in [1.29, 1.82) is 0 Å². The summed E-state index contributed by atoms with van der Waals surface area (Å²) in [4.78, 5) is 15.9. The Balaban J connectivity index is 2.47. The lowest BCUT2D eigenvalue weighted by molar-refractivity contribution is 0.127. The van der Waals surface area contributed by atoms with Gasteiger partial charge in [0, 0.05) is 12.7 Å². The average Bonchev–Trinajstić information content (AvgIpc) is 2.58. The standard InChI is InChI=1S/C9H12N2O2/c1-13-6-11-5-10-8-4-2-3-7(8)9(11)12/h5H,2-4,6H2,1H3. The lowest BCUT2D eigenvalue weighted by Crippen LogP contribution is -2.24. The fraction of sp³-hybridized carbons (Fsp3) is 0.556. The number of nitrogens with zero attached hydrogens (tertiary/aromatic N) is 2. The maximum Gasteiger partial charge on any atom is 0.258 e. The molecule has 1 aromatic heterocycles. The molecule has 4 heteroatoms. The van der Waals surface area contributed by atoms with Gasteiger partial charge in [-0.25, -0.2) is 4.98 Å². The Morgan fingerprint density at radius 2 is 2.46 bits per heavy atom. The van der Waals surface area contributed by atoms with Gasteiger partial charge in [0.15, 0.2) is 0 Å². The molecule has 70 valence electrons. The Labute approximate surface area is 76.2 Å². The van der Waals surface area contributed by atoms with Crippen molar-refractivity contribution in [2.45, 2.75) is 26.0 Å². The predicted octanol–water partition coefficient (Wildman–Crippen LogP) is 0.336. The average molecular weight is 180 g/mol. The van der Waals surface area contributed by atoms with Crippen LogP contribution in [0.15, 0.2) is 11.1 Å². The van der Waals surface area contributed by atoms with Crippen molar-refractivity contribution in [3.8, 4) is 0 Å². The molecular weight excluding hydrogens is 168 g/mol. The summed E-state index contributed by atoms with van der Waals surface area (Å²) in [7, 11) is 1.57. The molecule has 0 saturated heterocycles. The number of aromatic nitrogens is 2. The minimum absolute atomic E-state index is 0.0596. The van der Waals surface area contributed by atoms with Gasteiger partial charge in [-0.1, -0.05) is 0 Å². The molecule has 0 aliphatic heterocycles. The second kappa shape index (κ2) is 3.30. The molecule has 1 aliphatic carbocycles. The van der Waals surface area contributed by atoms with Crippen LogP contribution in [0.3, 0.4) is 0 Å². The molecule has 0 unspecified atom stereocenters. The number of fused-ring (bicyclic) bond motifs is 1. The molecule has 0 N–H and O–H groups in total. The van der Waals surface area contributed by atoms with Gasteiger partial charge in [0.05, 0.1) is 12.0 Å². The summed E-state index contributed by atoms with van der Waals surface area (Å²) in [6, 6.07) is 0. The number of hydrogen-bond acceptors (Lipinski definition) is 3. The highest BCUT2D eigenvalue weighted by atomic mass is 16.5. The third-order valence-corrected chi connectivity index (χ3v) is 2.33. The fourth-order valence-corrected chi connectivity index (χ4v) is 1.70. The SMILES string of the molecule is COCn1cnc2c(c1=O)CCC2. The number of ether oxygens (including phenoxy) is 1. The van der Waals surface area contributed by atoms with Crippen LogP contribution in [-0.4, -0.2) is 16.7 Å².